The maximum atomic E-state index is 12.0. The molecule has 1 aliphatic carbocycles. The van der Waals surface area contributed by atoms with Gasteiger partial charge in [-0.3, -0.25) is 9.71 Å². The molecule has 1 fully saturated rings. The van der Waals surface area contributed by atoms with E-state index in [1.165, 1.54) is 12.8 Å². The van der Waals surface area contributed by atoms with Crippen LogP contribution < -0.4 is 4.72 Å². The topological polar surface area (TPSA) is 94.1 Å². The Morgan fingerprint density at radius 3 is 3.00 bits per heavy atom. The molecule has 3 rings (SSSR count). The number of anilines is 1. The minimum atomic E-state index is -3.51. The summed E-state index contributed by atoms with van der Waals surface area (Å²) in [4.78, 5) is 8.22. The van der Waals surface area contributed by atoms with E-state index in [0.29, 0.717) is 29.1 Å². The fourth-order valence-corrected chi connectivity index (χ4v) is 3.71. The molecule has 7 nitrogen and oxygen atoms in total. The smallest absolute Gasteiger partial charge is 0.236 e. The van der Waals surface area contributed by atoms with E-state index in [9.17, 15) is 8.42 Å². The maximum absolute atomic E-state index is 12.0. The van der Waals surface area contributed by atoms with Crippen molar-refractivity contribution in [3.8, 4) is 11.5 Å². The van der Waals surface area contributed by atoms with E-state index in [-0.39, 0.29) is 17.5 Å². The first kappa shape index (κ1) is 16.6. The van der Waals surface area contributed by atoms with Crippen LogP contribution in [-0.2, 0) is 14.8 Å². The highest BCUT2D eigenvalue weighted by molar-refractivity contribution is 7.92. The summed E-state index contributed by atoms with van der Waals surface area (Å²) in [6.45, 7) is 0.806. The van der Waals surface area contributed by atoms with Crippen LogP contribution in [0, 0.1) is 5.92 Å². The molecule has 0 aromatic carbocycles. The number of nitrogens with zero attached hydrogens (tertiary/aromatic N) is 3. The lowest BCUT2D eigenvalue weighted by atomic mass is 10.3. The van der Waals surface area contributed by atoms with Crippen LogP contribution >= 0.6 is 23.1 Å². The molecule has 23 heavy (non-hydrogen) atoms. The average Bonchev–Trinajstić information content (AvgIpc) is 3.23. The van der Waals surface area contributed by atoms with Gasteiger partial charge in [-0.2, -0.15) is 9.36 Å². The fourth-order valence-electron chi connectivity index (χ4n) is 1.80. The van der Waals surface area contributed by atoms with Crippen LogP contribution in [0.25, 0.3) is 11.5 Å². The third-order valence-corrected chi connectivity index (χ3v) is 5.46. The van der Waals surface area contributed by atoms with E-state index in [4.69, 9.17) is 16.3 Å². The molecule has 1 aliphatic rings. The van der Waals surface area contributed by atoms with Gasteiger partial charge in [0.2, 0.25) is 15.2 Å². The largest absolute Gasteiger partial charge is 0.380 e. The summed E-state index contributed by atoms with van der Waals surface area (Å²) in [5.41, 5.74) is 0.420. The highest BCUT2D eigenvalue weighted by Gasteiger charge is 2.22. The van der Waals surface area contributed by atoms with Crippen LogP contribution in [0.2, 0.25) is 5.02 Å². The molecule has 1 saturated carbocycles. The Hall–Kier alpha value is -1.29. The molecular weight excluding hydrogens is 360 g/mol. The van der Waals surface area contributed by atoms with E-state index < -0.39 is 10.0 Å². The fraction of sp³-hybridized carbons (Fsp3) is 0.462. The van der Waals surface area contributed by atoms with Crippen molar-refractivity contribution in [1.29, 1.82) is 0 Å². The van der Waals surface area contributed by atoms with Crippen molar-refractivity contribution in [2.24, 2.45) is 5.92 Å². The normalized spacial score (nSPS) is 14.8. The number of aromatic nitrogens is 3. The monoisotopic (exact) mass is 374 g/mol. The van der Waals surface area contributed by atoms with Gasteiger partial charge in [0.1, 0.15) is 5.69 Å². The molecule has 2 aromatic rings. The van der Waals surface area contributed by atoms with Gasteiger partial charge in [0.25, 0.3) is 0 Å². The van der Waals surface area contributed by atoms with Crippen LogP contribution in [0.4, 0.5) is 5.13 Å². The van der Waals surface area contributed by atoms with Crippen molar-refractivity contribution in [1.82, 2.24) is 14.3 Å². The van der Waals surface area contributed by atoms with E-state index in [1.807, 2.05) is 0 Å². The summed E-state index contributed by atoms with van der Waals surface area (Å²) in [7, 11) is -3.51. The van der Waals surface area contributed by atoms with Gasteiger partial charge in [-0.1, -0.05) is 11.6 Å². The highest BCUT2D eigenvalue weighted by atomic mass is 35.5. The van der Waals surface area contributed by atoms with Crippen LogP contribution in [-0.4, -0.2) is 41.7 Å². The number of hydrogen-bond acceptors (Lipinski definition) is 7. The number of rotatable bonds is 8. The van der Waals surface area contributed by atoms with E-state index in [1.54, 1.807) is 18.3 Å². The first-order chi connectivity index (χ1) is 11.0. The van der Waals surface area contributed by atoms with E-state index >= 15 is 0 Å². The molecule has 0 spiro atoms. The van der Waals surface area contributed by atoms with Crippen molar-refractivity contribution < 1.29 is 13.2 Å². The van der Waals surface area contributed by atoms with E-state index in [0.717, 1.165) is 11.5 Å². The second-order valence-electron chi connectivity index (χ2n) is 5.20. The zero-order valence-corrected chi connectivity index (χ0v) is 14.5. The molecule has 10 heteroatoms. The number of ether oxygens (including phenoxy) is 1. The summed E-state index contributed by atoms with van der Waals surface area (Å²) in [6.07, 6.45) is 3.92. The first-order valence-electron chi connectivity index (χ1n) is 7.06. The predicted molar refractivity (Wildman–Crippen MR) is 89.1 cm³/mol. The Morgan fingerprint density at radius 2 is 2.26 bits per heavy atom. The predicted octanol–water partition coefficient (Wildman–Crippen LogP) is 2.42. The lowest BCUT2D eigenvalue weighted by Crippen LogP contribution is -2.20. The molecule has 0 unspecified atom stereocenters. The van der Waals surface area contributed by atoms with Gasteiger partial charge in [-0.05, 0) is 30.9 Å². The Bertz CT molecular complexity index is 777. The van der Waals surface area contributed by atoms with Crippen LogP contribution in [0.5, 0.6) is 0 Å². The molecule has 2 heterocycles. The van der Waals surface area contributed by atoms with Crippen molar-refractivity contribution in [2.45, 2.75) is 12.8 Å². The number of sulfonamides is 1. The van der Waals surface area contributed by atoms with E-state index in [2.05, 4.69) is 19.1 Å². The van der Waals surface area contributed by atoms with Crippen LogP contribution in [0.3, 0.4) is 0 Å². The summed E-state index contributed by atoms with van der Waals surface area (Å²) >= 11 is 6.97. The summed E-state index contributed by atoms with van der Waals surface area (Å²) in [5.74, 6) is 0.793. The third-order valence-electron chi connectivity index (χ3n) is 3.19. The molecule has 0 aliphatic heterocycles. The lowest BCUT2D eigenvalue weighted by Gasteiger charge is -2.05. The van der Waals surface area contributed by atoms with Crippen molar-refractivity contribution in [3.05, 3.63) is 23.4 Å². The standard InChI is InChI=1S/C13H15ClN4O3S2/c14-10-2-1-5-15-11(10)12-16-13(22-17-12)18-23(19,20)7-6-21-8-9-3-4-9/h1-2,5,9H,3-4,6-8H2,(H,16,17,18). The van der Waals surface area contributed by atoms with Gasteiger partial charge in [0.15, 0.2) is 5.82 Å². The molecule has 124 valence electrons. The number of pyridine rings is 1. The Kier molecular flexibility index (Phi) is 5.10. The molecule has 0 saturated heterocycles. The summed E-state index contributed by atoms with van der Waals surface area (Å²) in [6, 6.07) is 3.37. The minimum Gasteiger partial charge on any atom is -0.380 e. The molecular formula is C13H15ClN4O3S2. The molecule has 0 radical (unpaired) electrons. The van der Waals surface area contributed by atoms with Gasteiger partial charge < -0.3 is 4.74 Å². The zero-order valence-electron chi connectivity index (χ0n) is 12.1. The van der Waals surface area contributed by atoms with Gasteiger partial charge in [-0.15, -0.1) is 0 Å². The molecule has 0 atom stereocenters. The second kappa shape index (κ2) is 7.08. The maximum Gasteiger partial charge on any atom is 0.236 e. The SMILES string of the molecule is O=S(=O)(CCOCC1CC1)Nc1nc(-c2ncccc2Cl)ns1. The summed E-state index contributed by atoms with van der Waals surface area (Å²) < 4.78 is 35.8. The van der Waals surface area contributed by atoms with Crippen molar-refractivity contribution in [3.63, 3.8) is 0 Å². The van der Waals surface area contributed by atoms with Gasteiger partial charge in [0, 0.05) is 24.3 Å². The first-order valence-corrected chi connectivity index (χ1v) is 9.87. The number of nitrogens with one attached hydrogen (secondary N) is 1. The Labute approximate surface area is 143 Å². The minimum absolute atomic E-state index is 0.112. The molecule has 0 amide bonds. The number of hydrogen-bond donors (Lipinski definition) is 1. The van der Waals surface area contributed by atoms with Gasteiger partial charge >= 0.3 is 0 Å². The van der Waals surface area contributed by atoms with Gasteiger partial charge in [-0.25, -0.2) is 8.42 Å². The highest BCUT2D eigenvalue weighted by Crippen LogP contribution is 2.29. The van der Waals surface area contributed by atoms with Crippen LogP contribution in [0.15, 0.2) is 18.3 Å². The molecule has 1 N–H and O–H groups in total. The lowest BCUT2D eigenvalue weighted by molar-refractivity contribution is 0.138. The quantitative estimate of drug-likeness (QED) is 0.713. The molecule has 2 aromatic heterocycles. The third kappa shape index (κ3) is 4.84. The Balaban J connectivity index is 1.58. The number of halogens is 1. The average molecular weight is 375 g/mol. The molecule has 0 bridgehead atoms. The Morgan fingerprint density at radius 1 is 1.43 bits per heavy atom. The second-order valence-corrected chi connectivity index (χ2v) is 8.20. The van der Waals surface area contributed by atoms with Crippen molar-refractivity contribution in [2.75, 3.05) is 23.7 Å². The van der Waals surface area contributed by atoms with Crippen LogP contribution in [0.1, 0.15) is 12.8 Å². The zero-order chi connectivity index (χ0) is 16.3. The summed E-state index contributed by atoms with van der Waals surface area (Å²) in [5, 5.41) is 0.595. The van der Waals surface area contributed by atoms with Crippen molar-refractivity contribution >= 4 is 38.3 Å². The van der Waals surface area contributed by atoms with Gasteiger partial charge in [0.05, 0.1) is 17.4 Å².